The first kappa shape index (κ1) is 20.6. The number of carbonyl (C=O) groups excluding carboxylic acids is 2. The zero-order chi connectivity index (χ0) is 20.2. The number of esters is 1. The van der Waals surface area contributed by atoms with Crippen LogP contribution in [0.15, 0.2) is 47.4 Å². The second kappa shape index (κ2) is 8.32. The van der Waals surface area contributed by atoms with Gasteiger partial charge < -0.3 is 10.1 Å². The van der Waals surface area contributed by atoms with Crippen molar-refractivity contribution in [2.75, 3.05) is 26.0 Å². The van der Waals surface area contributed by atoms with Gasteiger partial charge in [-0.2, -0.15) is 0 Å². The fourth-order valence-electron chi connectivity index (χ4n) is 2.43. The minimum atomic E-state index is -3.57. The van der Waals surface area contributed by atoms with Gasteiger partial charge in [-0.1, -0.05) is 6.07 Å². The summed E-state index contributed by atoms with van der Waals surface area (Å²) in [5, 5.41) is 2.67. The molecule has 27 heavy (non-hydrogen) atoms. The normalized spacial score (nSPS) is 11.3. The van der Waals surface area contributed by atoms with Crippen LogP contribution in [0.4, 0.5) is 5.69 Å². The van der Waals surface area contributed by atoms with Crippen LogP contribution in [0.25, 0.3) is 0 Å². The molecule has 0 bridgehead atoms. The highest BCUT2D eigenvalue weighted by atomic mass is 32.2. The SMILES string of the molecule is Cc1cc(C)cc(NC(=O)COC(=O)c2ccc(S(=O)(=O)N(C)C)cc2)c1. The van der Waals surface area contributed by atoms with E-state index < -0.39 is 28.5 Å². The van der Waals surface area contributed by atoms with Gasteiger partial charge in [-0.3, -0.25) is 4.79 Å². The summed E-state index contributed by atoms with van der Waals surface area (Å²) in [6.07, 6.45) is 0. The molecule has 0 radical (unpaired) electrons. The Balaban J connectivity index is 1.96. The van der Waals surface area contributed by atoms with Crippen LogP contribution in [0.3, 0.4) is 0 Å². The molecule has 1 amide bonds. The van der Waals surface area contributed by atoms with Crippen molar-refractivity contribution < 1.29 is 22.7 Å². The van der Waals surface area contributed by atoms with E-state index in [0.717, 1.165) is 15.4 Å². The van der Waals surface area contributed by atoms with Crippen LogP contribution in [0.5, 0.6) is 0 Å². The Hall–Kier alpha value is -2.71. The second-order valence-corrected chi connectivity index (χ2v) is 8.46. The predicted octanol–water partition coefficient (Wildman–Crippen LogP) is 2.35. The van der Waals surface area contributed by atoms with E-state index in [9.17, 15) is 18.0 Å². The molecular weight excluding hydrogens is 368 g/mol. The molecule has 0 aliphatic rings. The number of hydrogen-bond donors (Lipinski definition) is 1. The number of aryl methyl sites for hydroxylation is 2. The largest absolute Gasteiger partial charge is 0.452 e. The van der Waals surface area contributed by atoms with Crippen LogP contribution in [0.1, 0.15) is 21.5 Å². The minimum Gasteiger partial charge on any atom is -0.452 e. The highest BCUT2D eigenvalue weighted by molar-refractivity contribution is 7.89. The number of nitrogens with one attached hydrogen (secondary N) is 1. The van der Waals surface area contributed by atoms with Gasteiger partial charge in [0.1, 0.15) is 0 Å². The number of nitrogens with zero attached hydrogens (tertiary/aromatic N) is 1. The van der Waals surface area contributed by atoms with Gasteiger partial charge in [0.15, 0.2) is 6.61 Å². The van der Waals surface area contributed by atoms with Crippen molar-refractivity contribution in [2.45, 2.75) is 18.7 Å². The lowest BCUT2D eigenvalue weighted by molar-refractivity contribution is -0.119. The van der Waals surface area contributed by atoms with Crippen LogP contribution in [0.2, 0.25) is 0 Å². The van der Waals surface area contributed by atoms with Gasteiger partial charge in [0.05, 0.1) is 10.5 Å². The van der Waals surface area contributed by atoms with Crippen LogP contribution in [0, 0.1) is 13.8 Å². The first-order valence-corrected chi connectivity index (χ1v) is 9.61. The van der Waals surface area contributed by atoms with E-state index in [1.54, 1.807) is 0 Å². The van der Waals surface area contributed by atoms with Crippen LogP contribution in [-0.2, 0) is 19.6 Å². The summed E-state index contributed by atoms with van der Waals surface area (Å²) in [6, 6.07) is 11.0. The second-order valence-electron chi connectivity index (χ2n) is 6.31. The molecule has 0 unspecified atom stereocenters. The van der Waals surface area contributed by atoms with E-state index in [2.05, 4.69) is 5.32 Å². The molecule has 2 rings (SSSR count). The highest BCUT2D eigenvalue weighted by Gasteiger charge is 2.18. The molecule has 1 N–H and O–H groups in total. The number of rotatable bonds is 6. The molecule has 2 aromatic rings. The Morgan fingerprint density at radius 1 is 1.00 bits per heavy atom. The Morgan fingerprint density at radius 2 is 1.56 bits per heavy atom. The molecule has 7 nitrogen and oxygen atoms in total. The smallest absolute Gasteiger partial charge is 0.338 e. The molecule has 0 saturated heterocycles. The monoisotopic (exact) mass is 390 g/mol. The Bertz CT molecular complexity index is 930. The summed E-state index contributed by atoms with van der Waals surface area (Å²) in [4.78, 5) is 24.1. The zero-order valence-corrected chi connectivity index (χ0v) is 16.5. The van der Waals surface area contributed by atoms with Gasteiger partial charge in [-0.05, 0) is 61.4 Å². The Labute approximate surface area is 159 Å². The molecule has 0 aromatic heterocycles. The van der Waals surface area contributed by atoms with Crippen molar-refractivity contribution in [1.82, 2.24) is 4.31 Å². The quantitative estimate of drug-likeness (QED) is 0.765. The molecular formula is C19H22N2O5S. The maximum atomic E-state index is 12.0. The Morgan fingerprint density at radius 3 is 2.07 bits per heavy atom. The fraction of sp³-hybridized carbons (Fsp3) is 0.263. The maximum Gasteiger partial charge on any atom is 0.338 e. The van der Waals surface area contributed by atoms with Crippen LogP contribution in [-0.4, -0.2) is 45.3 Å². The van der Waals surface area contributed by atoms with Crippen molar-refractivity contribution in [2.24, 2.45) is 0 Å². The molecule has 0 fully saturated rings. The summed E-state index contributed by atoms with van der Waals surface area (Å²) >= 11 is 0. The number of anilines is 1. The van der Waals surface area contributed by atoms with Gasteiger partial charge in [0, 0.05) is 19.8 Å². The number of ether oxygens (including phenoxy) is 1. The molecule has 0 aliphatic heterocycles. The van der Waals surface area contributed by atoms with Crippen molar-refractivity contribution in [3.8, 4) is 0 Å². The minimum absolute atomic E-state index is 0.0663. The number of sulfonamides is 1. The van der Waals surface area contributed by atoms with E-state index in [1.807, 2.05) is 32.0 Å². The summed E-state index contributed by atoms with van der Waals surface area (Å²) in [7, 11) is -0.725. The van der Waals surface area contributed by atoms with E-state index in [4.69, 9.17) is 4.74 Å². The number of hydrogen-bond acceptors (Lipinski definition) is 5. The van der Waals surface area contributed by atoms with Gasteiger partial charge in [0.2, 0.25) is 10.0 Å². The van der Waals surface area contributed by atoms with E-state index in [-0.39, 0.29) is 10.5 Å². The summed E-state index contributed by atoms with van der Waals surface area (Å²) in [5.74, 6) is -1.17. The standard InChI is InChI=1S/C19H22N2O5S/c1-13-9-14(2)11-16(10-13)20-18(22)12-26-19(23)15-5-7-17(8-6-15)27(24,25)21(3)4/h5-11H,12H2,1-4H3,(H,20,22). The highest BCUT2D eigenvalue weighted by Crippen LogP contribution is 2.15. The van der Waals surface area contributed by atoms with Gasteiger partial charge in [-0.25, -0.2) is 17.5 Å². The molecule has 0 heterocycles. The topological polar surface area (TPSA) is 92.8 Å². The fourth-order valence-corrected chi connectivity index (χ4v) is 3.33. The molecule has 2 aromatic carbocycles. The lowest BCUT2D eigenvalue weighted by atomic mass is 10.1. The van der Waals surface area contributed by atoms with E-state index >= 15 is 0 Å². The average molecular weight is 390 g/mol. The van der Waals surface area contributed by atoms with Gasteiger partial charge in [-0.15, -0.1) is 0 Å². The molecule has 0 saturated carbocycles. The van der Waals surface area contributed by atoms with Gasteiger partial charge in [0.25, 0.3) is 5.91 Å². The summed E-state index contributed by atoms with van der Waals surface area (Å²) in [5.41, 5.74) is 2.81. The Kier molecular flexibility index (Phi) is 6.35. The third-order valence-corrected chi connectivity index (χ3v) is 5.54. The lowest BCUT2D eigenvalue weighted by Gasteiger charge is -2.11. The van der Waals surface area contributed by atoms with Crippen LogP contribution >= 0.6 is 0 Å². The van der Waals surface area contributed by atoms with Crippen molar-refractivity contribution >= 4 is 27.6 Å². The van der Waals surface area contributed by atoms with Crippen LogP contribution < -0.4 is 5.32 Å². The molecule has 0 aliphatic carbocycles. The number of carbonyl (C=O) groups is 2. The lowest BCUT2D eigenvalue weighted by Crippen LogP contribution is -2.22. The molecule has 8 heteroatoms. The molecule has 0 spiro atoms. The van der Waals surface area contributed by atoms with Gasteiger partial charge >= 0.3 is 5.97 Å². The van der Waals surface area contributed by atoms with E-state index in [1.165, 1.54) is 38.4 Å². The predicted molar refractivity (Wildman–Crippen MR) is 102 cm³/mol. The zero-order valence-electron chi connectivity index (χ0n) is 15.6. The number of benzene rings is 2. The molecule has 0 atom stereocenters. The average Bonchev–Trinajstić information content (AvgIpc) is 2.58. The summed E-state index contributed by atoms with van der Waals surface area (Å²) < 4.78 is 30.1. The third kappa shape index (κ3) is 5.38. The number of amides is 1. The maximum absolute atomic E-state index is 12.0. The van der Waals surface area contributed by atoms with Crippen molar-refractivity contribution in [3.05, 3.63) is 59.2 Å². The third-order valence-electron chi connectivity index (χ3n) is 3.71. The summed E-state index contributed by atoms with van der Waals surface area (Å²) in [6.45, 7) is 3.40. The van der Waals surface area contributed by atoms with Crippen molar-refractivity contribution in [1.29, 1.82) is 0 Å². The van der Waals surface area contributed by atoms with E-state index in [0.29, 0.717) is 5.69 Å². The first-order valence-electron chi connectivity index (χ1n) is 8.17. The first-order chi connectivity index (χ1) is 12.6. The van der Waals surface area contributed by atoms with Crippen molar-refractivity contribution in [3.63, 3.8) is 0 Å². The molecule has 144 valence electrons.